The highest BCUT2D eigenvalue weighted by Gasteiger charge is 2.21. The monoisotopic (exact) mass is 475 g/mol. The number of hydrogen-bond donors (Lipinski definition) is 3. The Hall–Kier alpha value is -3.20. The van der Waals surface area contributed by atoms with Crippen LogP contribution in [0.25, 0.3) is 11.5 Å². The number of aromatic nitrogens is 2. The predicted molar refractivity (Wildman–Crippen MR) is 121 cm³/mol. The third-order valence-electron chi connectivity index (χ3n) is 4.99. The fourth-order valence-electron chi connectivity index (χ4n) is 3.29. The summed E-state index contributed by atoms with van der Waals surface area (Å²) in [7, 11) is 0. The Labute approximate surface area is 193 Å². The quantitative estimate of drug-likeness (QED) is 0.354. The summed E-state index contributed by atoms with van der Waals surface area (Å²) in [6.07, 6.45) is 0. The van der Waals surface area contributed by atoms with Crippen molar-refractivity contribution in [2.75, 3.05) is 50.0 Å². The molecular weight excluding hydrogens is 455 g/mol. The molecule has 0 spiro atoms. The Bertz CT molecular complexity index is 1190. The Morgan fingerprint density at radius 2 is 1.88 bits per heavy atom. The first kappa shape index (κ1) is 23.0. The molecule has 11 heteroatoms. The first-order chi connectivity index (χ1) is 16.0. The van der Waals surface area contributed by atoms with Crippen molar-refractivity contribution in [2.24, 2.45) is 0 Å². The maximum absolute atomic E-state index is 14.7. The van der Waals surface area contributed by atoms with Gasteiger partial charge in [0, 0.05) is 31.7 Å². The molecule has 2 aromatic carbocycles. The van der Waals surface area contributed by atoms with E-state index in [9.17, 15) is 13.2 Å². The van der Waals surface area contributed by atoms with E-state index >= 15 is 0 Å². The molecule has 4 rings (SSSR count). The molecule has 0 amide bonds. The first-order valence-electron chi connectivity index (χ1n) is 10.1. The fourth-order valence-corrected chi connectivity index (χ4v) is 3.42. The molecule has 33 heavy (non-hydrogen) atoms. The summed E-state index contributed by atoms with van der Waals surface area (Å²) in [6.45, 7) is 4.40. The highest BCUT2D eigenvalue weighted by molar-refractivity contribution is 7.85. The summed E-state index contributed by atoms with van der Waals surface area (Å²) in [5.41, 5.74) is 0.0678. The van der Waals surface area contributed by atoms with Crippen molar-refractivity contribution in [3.05, 3.63) is 53.3 Å². The molecule has 1 fully saturated rings. The first-order valence-corrected chi connectivity index (χ1v) is 10.6. The molecule has 2 heterocycles. The van der Waals surface area contributed by atoms with Crippen LogP contribution in [0, 0.1) is 28.6 Å². The number of nitrogens with one attached hydrogen (secondary N) is 2. The van der Waals surface area contributed by atoms with Crippen LogP contribution in [0.15, 0.2) is 34.7 Å². The van der Waals surface area contributed by atoms with Gasteiger partial charge in [-0.25, -0.2) is 13.2 Å². The van der Waals surface area contributed by atoms with Crippen LogP contribution in [0.5, 0.6) is 0 Å². The molecule has 7 nitrogen and oxygen atoms in total. The Morgan fingerprint density at radius 3 is 2.64 bits per heavy atom. The van der Waals surface area contributed by atoms with Crippen LogP contribution in [-0.2, 0) is 4.74 Å². The number of benzene rings is 2. The number of ether oxygens (including phenoxy) is 1. The zero-order valence-corrected chi connectivity index (χ0v) is 18.3. The van der Waals surface area contributed by atoms with Crippen LogP contribution in [-0.4, -0.2) is 54.5 Å². The van der Waals surface area contributed by atoms with Crippen molar-refractivity contribution in [1.29, 1.82) is 0 Å². The number of rotatable bonds is 7. The zero-order chi connectivity index (χ0) is 23.2. The molecular formula is C22H20F3N5O2S. The van der Waals surface area contributed by atoms with Crippen molar-refractivity contribution in [3.8, 4) is 22.6 Å². The summed E-state index contributed by atoms with van der Waals surface area (Å²) in [4.78, 5) is 2.23. The smallest absolute Gasteiger partial charge is 0.315 e. The van der Waals surface area contributed by atoms with E-state index in [1.165, 1.54) is 18.2 Å². The van der Waals surface area contributed by atoms with E-state index in [0.717, 1.165) is 31.8 Å². The fraction of sp³-hybridized carbons (Fsp3) is 0.273. The molecule has 1 saturated heterocycles. The molecule has 3 aromatic rings. The van der Waals surface area contributed by atoms with Crippen molar-refractivity contribution in [2.45, 2.75) is 0 Å². The largest absolute Gasteiger partial charge is 0.403 e. The average Bonchev–Trinajstić information content (AvgIpc) is 3.28. The standard InChI is InChI=1S/C22H20F3N5O2S/c23-16-3-2-15(20(19(16)25)27-18-4-1-14(5-12-33)13-17(18)24)21-28-29-22(32-21)26-6-7-30-8-10-31-11-9-30/h1-4,13,27,33H,6-11H2,(H,26,29). The van der Waals surface area contributed by atoms with Crippen LogP contribution >= 0.6 is 12.6 Å². The summed E-state index contributed by atoms with van der Waals surface area (Å²) in [6, 6.07) is 6.40. The van der Waals surface area contributed by atoms with Crippen LogP contribution in [0.1, 0.15) is 5.56 Å². The maximum atomic E-state index is 14.7. The van der Waals surface area contributed by atoms with Crippen molar-refractivity contribution in [3.63, 3.8) is 0 Å². The minimum atomic E-state index is -1.20. The van der Waals surface area contributed by atoms with Gasteiger partial charge in [-0.3, -0.25) is 4.90 Å². The Kier molecular flexibility index (Phi) is 7.39. The van der Waals surface area contributed by atoms with Gasteiger partial charge in [-0.15, -0.1) is 5.10 Å². The van der Waals surface area contributed by atoms with Crippen molar-refractivity contribution < 1.29 is 22.3 Å². The van der Waals surface area contributed by atoms with E-state index in [4.69, 9.17) is 9.15 Å². The molecule has 0 aliphatic carbocycles. The van der Waals surface area contributed by atoms with Crippen molar-refractivity contribution in [1.82, 2.24) is 15.1 Å². The molecule has 1 aromatic heterocycles. The zero-order valence-electron chi connectivity index (χ0n) is 17.4. The number of anilines is 3. The number of halogens is 3. The number of morpholine rings is 1. The molecule has 0 bridgehead atoms. The lowest BCUT2D eigenvalue weighted by Crippen LogP contribution is -2.39. The molecule has 0 unspecified atom stereocenters. The lowest BCUT2D eigenvalue weighted by Gasteiger charge is -2.26. The predicted octanol–water partition coefficient (Wildman–Crippen LogP) is 3.88. The molecule has 172 valence electrons. The minimum Gasteiger partial charge on any atom is -0.403 e. The van der Waals surface area contributed by atoms with E-state index in [1.807, 2.05) is 0 Å². The van der Waals surface area contributed by atoms with Gasteiger partial charge in [-0.05, 0) is 35.6 Å². The molecule has 0 radical (unpaired) electrons. The lowest BCUT2D eigenvalue weighted by molar-refractivity contribution is 0.0398. The van der Waals surface area contributed by atoms with Gasteiger partial charge in [0.05, 0.1) is 30.2 Å². The molecule has 1 aliphatic rings. The number of nitrogens with zero attached hydrogens (tertiary/aromatic N) is 3. The SMILES string of the molecule is Fc1cc(C#CS)ccc1Nc1c(-c2nnc(NCCN3CCOCC3)o2)ccc(F)c1F. The summed E-state index contributed by atoms with van der Waals surface area (Å²) in [5.74, 6) is -0.463. The van der Waals surface area contributed by atoms with Gasteiger partial charge in [0.15, 0.2) is 11.6 Å². The molecule has 2 N–H and O–H groups in total. The van der Waals surface area contributed by atoms with Crippen LogP contribution in [0.2, 0.25) is 0 Å². The van der Waals surface area contributed by atoms with E-state index < -0.39 is 17.5 Å². The van der Waals surface area contributed by atoms with E-state index in [-0.39, 0.29) is 28.8 Å². The molecule has 0 atom stereocenters. The van der Waals surface area contributed by atoms with E-state index in [2.05, 4.69) is 49.5 Å². The van der Waals surface area contributed by atoms with Crippen molar-refractivity contribution >= 4 is 30.0 Å². The van der Waals surface area contributed by atoms with Crippen LogP contribution < -0.4 is 10.6 Å². The van der Waals surface area contributed by atoms with Gasteiger partial charge < -0.3 is 19.8 Å². The Morgan fingerprint density at radius 1 is 1.06 bits per heavy atom. The average molecular weight is 475 g/mol. The van der Waals surface area contributed by atoms with Gasteiger partial charge >= 0.3 is 6.01 Å². The van der Waals surface area contributed by atoms with Gasteiger partial charge in [0.25, 0.3) is 5.89 Å². The molecule has 1 aliphatic heterocycles. The Balaban J connectivity index is 1.52. The van der Waals surface area contributed by atoms with Gasteiger partial charge in [0.1, 0.15) is 5.82 Å². The number of thiol groups is 1. The summed E-state index contributed by atoms with van der Waals surface area (Å²) >= 11 is 3.77. The minimum absolute atomic E-state index is 0.0526. The topological polar surface area (TPSA) is 75.5 Å². The second kappa shape index (κ2) is 10.6. The highest BCUT2D eigenvalue weighted by atomic mass is 32.1. The van der Waals surface area contributed by atoms with Gasteiger partial charge in [-0.1, -0.05) is 23.6 Å². The second-order valence-corrected chi connectivity index (χ2v) is 7.36. The lowest BCUT2D eigenvalue weighted by atomic mass is 10.1. The number of hydrogen-bond acceptors (Lipinski definition) is 8. The normalized spacial score (nSPS) is 13.9. The molecule has 0 saturated carbocycles. The second-order valence-electron chi connectivity index (χ2n) is 7.13. The van der Waals surface area contributed by atoms with Gasteiger partial charge in [0.2, 0.25) is 0 Å². The van der Waals surface area contributed by atoms with Crippen LogP contribution in [0.3, 0.4) is 0 Å². The maximum Gasteiger partial charge on any atom is 0.315 e. The summed E-state index contributed by atoms with van der Waals surface area (Å²) in [5, 5.41) is 15.8. The van der Waals surface area contributed by atoms with E-state index in [0.29, 0.717) is 25.3 Å². The summed E-state index contributed by atoms with van der Waals surface area (Å²) < 4.78 is 54.0. The van der Waals surface area contributed by atoms with E-state index in [1.54, 1.807) is 0 Å². The van der Waals surface area contributed by atoms with Gasteiger partial charge in [-0.2, -0.15) is 0 Å². The highest BCUT2D eigenvalue weighted by Crippen LogP contribution is 2.34. The third kappa shape index (κ3) is 5.60. The van der Waals surface area contributed by atoms with Crippen LogP contribution in [0.4, 0.5) is 30.6 Å². The third-order valence-corrected chi connectivity index (χ3v) is 5.10.